The summed E-state index contributed by atoms with van der Waals surface area (Å²) in [6.07, 6.45) is 2.33. The number of halogens is 1. The molecule has 20 heavy (non-hydrogen) atoms. The van der Waals surface area contributed by atoms with Crippen LogP contribution in [0.4, 0.5) is 0 Å². The summed E-state index contributed by atoms with van der Waals surface area (Å²) >= 11 is 5.24. The Hall–Kier alpha value is -0.520. The van der Waals surface area contributed by atoms with Gasteiger partial charge in [-0.1, -0.05) is 28.1 Å². The fourth-order valence-corrected chi connectivity index (χ4v) is 3.75. The summed E-state index contributed by atoms with van der Waals surface area (Å²) in [7, 11) is 0. The van der Waals surface area contributed by atoms with Gasteiger partial charge < -0.3 is 10.6 Å². The molecular weight excluding hydrogens is 336 g/mol. The monoisotopic (exact) mass is 356 g/mol. The summed E-state index contributed by atoms with van der Waals surface area (Å²) in [6.45, 7) is 4.18. The Morgan fingerprint density at radius 1 is 1.50 bits per heavy atom. The van der Waals surface area contributed by atoms with Crippen molar-refractivity contribution in [2.45, 2.75) is 31.1 Å². The van der Waals surface area contributed by atoms with Crippen molar-refractivity contribution >= 4 is 33.6 Å². The molecule has 0 bridgehead atoms. The van der Waals surface area contributed by atoms with Crippen LogP contribution in [0.25, 0.3) is 0 Å². The van der Waals surface area contributed by atoms with Gasteiger partial charge in [-0.25, -0.2) is 0 Å². The number of rotatable bonds is 5. The molecule has 1 aromatic carbocycles. The number of piperidine rings is 1. The number of benzene rings is 1. The van der Waals surface area contributed by atoms with Gasteiger partial charge in [0.15, 0.2) is 0 Å². The van der Waals surface area contributed by atoms with Crippen LogP contribution in [0.15, 0.2) is 28.7 Å². The highest BCUT2D eigenvalue weighted by atomic mass is 79.9. The minimum Gasteiger partial charge on any atom is -0.349 e. The van der Waals surface area contributed by atoms with E-state index in [1.807, 2.05) is 31.2 Å². The van der Waals surface area contributed by atoms with Gasteiger partial charge in [-0.2, -0.15) is 0 Å². The maximum absolute atomic E-state index is 12.0. The van der Waals surface area contributed by atoms with Crippen LogP contribution >= 0.6 is 27.7 Å². The largest absolute Gasteiger partial charge is 0.349 e. The molecule has 0 spiro atoms. The number of carbonyl (C=O) groups is 1. The second-order valence-corrected chi connectivity index (χ2v) is 7.31. The Morgan fingerprint density at radius 3 is 2.95 bits per heavy atom. The first kappa shape index (κ1) is 15.9. The van der Waals surface area contributed by atoms with Crippen LogP contribution in [-0.2, 0) is 4.79 Å². The molecule has 0 aliphatic carbocycles. The first-order chi connectivity index (χ1) is 9.65. The molecule has 2 rings (SSSR count). The van der Waals surface area contributed by atoms with Crippen molar-refractivity contribution < 1.29 is 4.79 Å². The molecule has 0 unspecified atom stereocenters. The third-order valence-electron chi connectivity index (χ3n) is 3.46. The van der Waals surface area contributed by atoms with Crippen molar-refractivity contribution in [3.63, 3.8) is 0 Å². The number of hydrogen-bond donors (Lipinski definition) is 2. The smallest absolute Gasteiger partial charge is 0.230 e. The van der Waals surface area contributed by atoms with E-state index in [4.69, 9.17) is 0 Å². The molecule has 1 amide bonds. The molecule has 1 aliphatic rings. The summed E-state index contributed by atoms with van der Waals surface area (Å²) in [5, 5.41) is 7.04. The van der Waals surface area contributed by atoms with E-state index in [0.29, 0.717) is 11.0 Å². The SMILES string of the molecule is C[C@H](NC(=O)CSC1CCNCC1)c1cccc(Br)c1. The van der Waals surface area contributed by atoms with Crippen molar-refractivity contribution in [2.24, 2.45) is 0 Å². The Morgan fingerprint density at radius 2 is 2.25 bits per heavy atom. The zero-order valence-electron chi connectivity index (χ0n) is 11.7. The Bertz CT molecular complexity index is 449. The molecule has 0 saturated carbocycles. The van der Waals surface area contributed by atoms with Gasteiger partial charge in [-0.05, 0) is 50.6 Å². The van der Waals surface area contributed by atoms with Gasteiger partial charge in [-0.15, -0.1) is 11.8 Å². The van der Waals surface area contributed by atoms with Gasteiger partial charge in [0.2, 0.25) is 5.91 Å². The number of hydrogen-bond acceptors (Lipinski definition) is 3. The van der Waals surface area contributed by atoms with E-state index in [2.05, 4.69) is 26.6 Å². The molecule has 0 radical (unpaired) electrons. The third-order valence-corrected chi connectivity index (χ3v) is 5.33. The van der Waals surface area contributed by atoms with Gasteiger partial charge in [-0.3, -0.25) is 4.79 Å². The normalized spacial score (nSPS) is 17.7. The van der Waals surface area contributed by atoms with E-state index in [1.165, 1.54) is 12.8 Å². The average molecular weight is 357 g/mol. The molecule has 3 nitrogen and oxygen atoms in total. The molecule has 0 aromatic heterocycles. The zero-order chi connectivity index (χ0) is 14.4. The second-order valence-electron chi connectivity index (χ2n) is 5.10. The van der Waals surface area contributed by atoms with E-state index >= 15 is 0 Å². The van der Waals surface area contributed by atoms with Crippen molar-refractivity contribution in [3.05, 3.63) is 34.3 Å². The molecular formula is C15H21BrN2OS. The minimum atomic E-state index is 0.0497. The van der Waals surface area contributed by atoms with Gasteiger partial charge >= 0.3 is 0 Å². The van der Waals surface area contributed by atoms with E-state index in [-0.39, 0.29) is 11.9 Å². The Balaban J connectivity index is 1.76. The van der Waals surface area contributed by atoms with Crippen LogP contribution in [0.5, 0.6) is 0 Å². The zero-order valence-corrected chi connectivity index (χ0v) is 14.1. The maximum atomic E-state index is 12.0. The molecule has 2 N–H and O–H groups in total. The van der Waals surface area contributed by atoms with E-state index in [0.717, 1.165) is 23.1 Å². The quantitative estimate of drug-likeness (QED) is 0.851. The van der Waals surface area contributed by atoms with E-state index < -0.39 is 0 Å². The summed E-state index contributed by atoms with van der Waals surface area (Å²) in [6, 6.07) is 8.12. The first-order valence-electron chi connectivity index (χ1n) is 7.02. The molecule has 1 saturated heterocycles. The average Bonchev–Trinajstić information content (AvgIpc) is 2.46. The fourth-order valence-electron chi connectivity index (χ4n) is 2.30. The van der Waals surface area contributed by atoms with Gasteiger partial charge in [0, 0.05) is 9.72 Å². The fraction of sp³-hybridized carbons (Fsp3) is 0.533. The molecule has 1 atom stereocenters. The Labute approximate surface area is 133 Å². The maximum Gasteiger partial charge on any atom is 0.230 e. The van der Waals surface area contributed by atoms with E-state index in [1.54, 1.807) is 11.8 Å². The minimum absolute atomic E-state index is 0.0497. The van der Waals surface area contributed by atoms with Crippen molar-refractivity contribution in [1.82, 2.24) is 10.6 Å². The molecule has 110 valence electrons. The number of thioether (sulfide) groups is 1. The van der Waals surface area contributed by atoms with Crippen molar-refractivity contribution in [3.8, 4) is 0 Å². The lowest BCUT2D eigenvalue weighted by molar-refractivity contribution is -0.119. The predicted molar refractivity (Wildman–Crippen MR) is 89.0 cm³/mol. The van der Waals surface area contributed by atoms with Crippen LogP contribution < -0.4 is 10.6 Å². The lowest BCUT2D eigenvalue weighted by Crippen LogP contribution is -2.32. The molecule has 1 aromatic rings. The van der Waals surface area contributed by atoms with Crippen LogP contribution in [0.1, 0.15) is 31.4 Å². The predicted octanol–water partition coefficient (Wildman–Crippen LogP) is 3.11. The van der Waals surface area contributed by atoms with Gasteiger partial charge in [0.25, 0.3) is 0 Å². The van der Waals surface area contributed by atoms with Gasteiger partial charge in [0.1, 0.15) is 0 Å². The van der Waals surface area contributed by atoms with Crippen molar-refractivity contribution in [2.75, 3.05) is 18.8 Å². The topological polar surface area (TPSA) is 41.1 Å². The summed E-state index contributed by atoms with van der Waals surface area (Å²) in [4.78, 5) is 12.0. The highest BCUT2D eigenvalue weighted by Crippen LogP contribution is 2.21. The first-order valence-corrected chi connectivity index (χ1v) is 8.86. The van der Waals surface area contributed by atoms with E-state index in [9.17, 15) is 4.79 Å². The summed E-state index contributed by atoms with van der Waals surface area (Å²) in [5.74, 6) is 0.684. The van der Waals surface area contributed by atoms with Crippen LogP contribution in [-0.4, -0.2) is 30.0 Å². The summed E-state index contributed by atoms with van der Waals surface area (Å²) in [5.41, 5.74) is 1.12. The lowest BCUT2D eigenvalue weighted by Gasteiger charge is -2.22. The Kier molecular flexibility index (Phi) is 6.39. The standard InChI is InChI=1S/C15H21BrN2OS/c1-11(12-3-2-4-13(16)9-12)18-15(19)10-20-14-5-7-17-8-6-14/h2-4,9,11,14,17H,5-8,10H2,1H3,(H,18,19)/t11-/m0/s1. The summed E-state index contributed by atoms with van der Waals surface area (Å²) < 4.78 is 1.04. The number of nitrogens with one attached hydrogen (secondary N) is 2. The number of amides is 1. The van der Waals surface area contributed by atoms with Gasteiger partial charge in [0.05, 0.1) is 11.8 Å². The highest BCUT2D eigenvalue weighted by molar-refractivity contribution is 9.10. The molecule has 1 aliphatic heterocycles. The molecule has 1 heterocycles. The second kappa shape index (κ2) is 8.05. The number of carbonyl (C=O) groups excluding carboxylic acids is 1. The lowest BCUT2D eigenvalue weighted by atomic mass is 10.1. The van der Waals surface area contributed by atoms with Crippen LogP contribution in [0, 0.1) is 0 Å². The van der Waals surface area contributed by atoms with Crippen molar-refractivity contribution in [1.29, 1.82) is 0 Å². The molecule has 1 fully saturated rings. The highest BCUT2D eigenvalue weighted by Gasteiger charge is 2.16. The third kappa shape index (κ3) is 5.11. The van der Waals surface area contributed by atoms with Crippen LogP contribution in [0.3, 0.4) is 0 Å². The molecule has 5 heteroatoms. The van der Waals surface area contributed by atoms with Crippen LogP contribution in [0.2, 0.25) is 0 Å².